The maximum atomic E-state index is 11.7. The number of hydrogen-bond donors (Lipinski definition) is 1. The van der Waals surface area contributed by atoms with Crippen LogP contribution in [0.3, 0.4) is 0 Å². The summed E-state index contributed by atoms with van der Waals surface area (Å²) in [5, 5.41) is 8.06. The Morgan fingerprint density at radius 1 is 1.45 bits per heavy atom. The van der Waals surface area contributed by atoms with Crippen molar-refractivity contribution < 1.29 is 9.53 Å². The van der Waals surface area contributed by atoms with Crippen LogP contribution >= 0.6 is 11.8 Å². The summed E-state index contributed by atoms with van der Waals surface area (Å²) in [6.07, 6.45) is 1.62. The molecule has 0 radical (unpaired) electrons. The van der Waals surface area contributed by atoms with Crippen LogP contribution in [0.2, 0.25) is 0 Å². The van der Waals surface area contributed by atoms with Crippen molar-refractivity contribution in [2.24, 2.45) is 5.73 Å². The molecule has 0 spiro atoms. The summed E-state index contributed by atoms with van der Waals surface area (Å²) in [6.45, 7) is 1.18. The number of amides is 1. The quantitative estimate of drug-likeness (QED) is 0.776. The molecule has 20 heavy (non-hydrogen) atoms. The van der Waals surface area contributed by atoms with Crippen molar-refractivity contribution in [2.75, 3.05) is 13.7 Å². The summed E-state index contributed by atoms with van der Waals surface area (Å²) in [4.78, 5) is 11.7. The maximum Gasteiger partial charge on any atom is 0.235 e. The molecule has 6 nitrogen and oxygen atoms in total. The van der Waals surface area contributed by atoms with E-state index in [1.165, 1.54) is 11.8 Å². The molecule has 0 aliphatic heterocycles. The van der Waals surface area contributed by atoms with Gasteiger partial charge in [0.05, 0.1) is 6.61 Å². The van der Waals surface area contributed by atoms with E-state index in [9.17, 15) is 4.79 Å². The number of methoxy groups -OCH3 is 1. The standard InChI is InChI=1S/C13H16N4O2S/c1-19-8-7-17-9-15-16-13(17)20-11(12(14)18)10-5-3-2-4-6-10/h2-6,9,11H,7-8H2,1H3,(H2,14,18). The largest absolute Gasteiger partial charge is 0.383 e. The van der Waals surface area contributed by atoms with Gasteiger partial charge in [-0.25, -0.2) is 0 Å². The number of nitrogens with two attached hydrogens (primary N) is 1. The number of carbonyl (C=O) groups is 1. The van der Waals surface area contributed by atoms with Crippen molar-refractivity contribution in [1.82, 2.24) is 14.8 Å². The predicted octanol–water partition coefficient (Wildman–Crippen LogP) is 1.24. The minimum absolute atomic E-state index is 0.400. The van der Waals surface area contributed by atoms with E-state index in [0.29, 0.717) is 18.3 Å². The third-order valence-corrected chi connectivity index (χ3v) is 3.97. The highest BCUT2D eigenvalue weighted by Gasteiger charge is 2.21. The molecule has 0 fully saturated rings. The predicted molar refractivity (Wildman–Crippen MR) is 76.1 cm³/mol. The summed E-state index contributed by atoms with van der Waals surface area (Å²) in [5.74, 6) is -0.400. The highest BCUT2D eigenvalue weighted by atomic mass is 32.2. The smallest absolute Gasteiger partial charge is 0.235 e. The van der Waals surface area contributed by atoms with Crippen LogP contribution in [0.1, 0.15) is 10.8 Å². The zero-order valence-corrected chi connectivity index (χ0v) is 11.9. The lowest BCUT2D eigenvalue weighted by Crippen LogP contribution is -2.19. The second kappa shape index (κ2) is 7.06. The first-order valence-electron chi connectivity index (χ1n) is 6.10. The number of rotatable bonds is 7. The molecule has 0 bridgehead atoms. The van der Waals surface area contributed by atoms with Crippen molar-refractivity contribution in [3.63, 3.8) is 0 Å². The van der Waals surface area contributed by atoms with Crippen molar-refractivity contribution in [3.05, 3.63) is 42.2 Å². The summed E-state index contributed by atoms with van der Waals surface area (Å²) in [7, 11) is 1.63. The molecule has 7 heteroatoms. The topological polar surface area (TPSA) is 83.0 Å². The molecule has 106 valence electrons. The molecule has 1 atom stereocenters. The van der Waals surface area contributed by atoms with Gasteiger partial charge in [-0.05, 0) is 5.56 Å². The second-order valence-electron chi connectivity index (χ2n) is 4.11. The first kappa shape index (κ1) is 14.5. The summed E-state index contributed by atoms with van der Waals surface area (Å²) >= 11 is 1.29. The van der Waals surface area contributed by atoms with Gasteiger partial charge >= 0.3 is 0 Å². The highest BCUT2D eigenvalue weighted by Crippen LogP contribution is 2.33. The zero-order chi connectivity index (χ0) is 14.4. The van der Waals surface area contributed by atoms with E-state index in [4.69, 9.17) is 10.5 Å². The lowest BCUT2D eigenvalue weighted by atomic mass is 10.1. The molecule has 2 aromatic rings. The highest BCUT2D eigenvalue weighted by molar-refractivity contribution is 8.00. The third-order valence-electron chi connectivity index (χ3n) is 2.70. The molecular weight excluding hydrogens is 276 g/mol. The van der Waals surface area contributed by atoms with Gasteiger partial charge in [-0.15, -0.1) is 10.2 Å². The molecule has 2 rings (SSSR count). The molecule has 0 saturated heterocycles. The van der Waals surface area contributed by atoms with Gasteiger partial charge in [-0.2, -0.15) is 0 Å². The Labute approximate surface area is 121 Å². The molecule has 0 aliphatic rings. The van der Waals surface area contributed by atoms with Crippen LogP contribution in [0, 0.1) is 0 Å². The Kier molecular flexibility index (Phi) is 5.14. The van der Waals surface area contributed by atoms with Crippen molar-refractivity contribution >= 4 is 17.7 Å². The van der Waals surface area contributed by atoms with E-state index in [0.717, 1.165) is 5.56 Å². The van der Waals surface area contributed by atoms with Gasteiger partial charge in [-0.3, -0.25) is 4.79 Å². The van der Waals surface area contributed by atoms with E-state index < -0.39 is 11.2 Å². The number of benzene rings is 1. The van der Waals surface area contributed by atoms with Crippen LogP contribution in [0.25, 0.3) is 0 Å². The van der Waals surface area contributed by atoms with E-state index in [1.807, 2.05) is 34.9 Å². The minimum Gasteiger partial charge on any atom is -0.383 e. The Hall–Kier alpha value is -1.86. The first-order valence-corrected chi connectivity index (χ1v) is 6.98. The van der Waals surface area contributed by atoms with Crippen LogP contribution in [-0.4, -0.2) is 34.4 Å². The summed E-state index contributed by atoms with van der Waals surface area (Å²) in [5.41, 5.74) is 6.35. The molecule has 0 saturated carbocycles. The number of ether oxygens (including phenoxy) is 1. The van der Waals surface area contributed by atoms with Crippen LogP contribution in [0.15, 0.2) is 41.8 Å². The molecule has 0 aliphatic carbocycles. The van der Waals surface area contributed by atoms with Gasteiger partial charge in [0.2, 0.25) is 5.91 Å². The number of aromatic nitrogens is 3. The van der Waals surface area contributed by atoms with Gasteiger partial charge in [0.25, 0.3) is 0 Å². The fourth-order valence-electron chi connectivity index (χ4n) is 1.70. The summed E-state index contributed by atoms with van der Waals surface area (Å²) < 4.78 is 6.87. The molecule has 1 aromatic heterocycles. The van der Waals surface area contributed by atoms with Crippen LogP contribution in [0.5, 0.6) is 0 Å². The number of nitrogens with zero attached hydrogens (tertiary/aromatic N) is 3. The Morgan fingerprint density at radius 2 is 2.20 bits per heavy atom. The average Bonchev–Trinajstić information content (AvgIpc) is 2.90. The molecule has 1 heterocycles. The molecule has 1 amide bonds. The van der Waals surface area contributed by atoms with Gasteiger partial charge in [0, 0.05) is 13.7 Å². The van der Waals surface area contributed by atoms with Gasteiger partial charge in [-0.1, -0.05) is 42.1 Å². The third kappa shape index (κ3) is 3.58. The zero-order valence-electron chi connectivity index (χ0n) is 11.1. The number of primary amides is 1. The van der Waals surface area contributed by atoms with Crippen LogP contribution < -0.4 is 5.73 Å². The Morgan fingerprint density at radius 3 is 2.85 bits per heavy atom. The normalized spacial score (nSPS) is 12.2. The molecule has 1 aromatic carbocycles. The first-order chi connectivity index (χ1) is 9.72. The van der Waals surface area contributed by atoms with Gasteiger partial charge in [0.15, 0.2) is 5.16 Å². The van der Waals surface area contributed by atoms with Gasteiger partial charge in [0.1, 0.15) is 11.6 Å². The SMILES string of the molecule is COCCn1cnnc1SC(C(N)=O)c1ccccc1. The fourth-order valence-corrected chi connectivity index (χ4v) is 2.69. The van der Waals surface area contributed by atoms with Crippen molar-refractivity contribution in [2.45, 2.75) is 17.0 Å². The van der Waals surface area contributed by atoms with Crippen molar-refractivity contribution in [1.29, 1.82) is 0 Å². The number of thioether (sulfide) groups is 1. The fraction of sp³-hybridized carbons (Fsp3) is 0.308. The lowest BCUT2D eigenvalue weighted by molar-refractivity contribution is -0.117. The maximum absolute atomic E-state index is 11.7. The van der Waals surface area contributed by atoms with E-state index in [-0.39, 0.29) is 0 Å². The molecule has 1 unspecified atom stereocenters. The van der Waals surface area contributed by atoms with E-state index in [2.05, 4.69) is 10.2 Å². The Bertz CT molecular complexity index is 559. The number of carbonyl (C=O) groups excluding carboxylic acids is 1. The lowest BCUT2D eigenvalue weighted by Gasteiger charge is -2.13. The summed E-state index contributed by atoms with van der Waals surface area (Å²) in [6, 6.07) is 9.40. The average molecular weight is 292 g/mol. The van der Waals surface area contributed by atoms with Gasteiger partial charge < -0.3 is 15.0 Å². The second-order valence-corrected chi connectivity index (χ2v) is 5.18. The van der Waals surface area contributed by atoms with E-state index in [1.54, 1.807) is 13.4 Å². The monoisotopic (exact) mass is 292 g/mol. The van der Waals surface area contributed by atoms with E-state index >= 15 is 0 Å². The molecular formula is C13H16N4O2S. The minimum atomic E-state index is -0.485. The molecule has 2 N–H and O–H groups in total. The number of hydrogen-bond acceptors (Lipinski definition) is 5. The Balaban J connectivity index is 2.17. The van der Waals surface area contributed by atoms with Crippen molar-refractivity contribution in [3.8, 4) is 0 Å². The van der Waals surface area contributed by atoms with Crippen LogP contribution in [0.4, 0.5) is 0 Å². The van der Waals surface area contributed by atoms with Crippen LogP contribution in [-0.2, 0) is 16.1 Å².